The van der Waals surface area contributed by atoms with Crippen molar-refractivity contribution in [3.05, 3.63) is 56.7 Å². The van der Waals surface area contributed by atoms with Gasteiger partial charge in [-0.05, 0) is 34.0 Å². The molecule has 2 rings (SSSR count). The van der Waals surface area contributed by atoms with E-state index >= 15 is 0 Å². The van der Waals surface area contributed by atoms with Crippen LogP contribution in [0.5, 0.6) is 0 Å². The molecule has 0 unspecified atom stereocenters. The summed E-state index contributed by atoms with van der Waals surface area (Å²) in [6.07, 6.45) is 1.39. The quantitative estimate of drug-likeness (QED) is 0.767. The van der Waals surface area contributed by atoms with Crippen LogP contribution < -0.4 is 0 Å². The summed E-state index contributed by atoms with van der Waals surface area (Å²) in [5.41, 5.74) is 1.21. The number of halogens is 1. The molecular formula is C13H11BrOS. The lowest BCUT2D eigenvalue weighted by atomic mass is 10.1. The minimum atomic E-state index is 0.222. The SMILES string of the molecule is O=C(CCc1ccccc1)c1cc(Br)cs1. The van der Waals surface area contributed by atoms with Gasteiger partial charge in [-0.3, -0.25) is 4.79 Å². The Morgan fingerprint density at radius 2 is 2.00 bits per heavy atom. The van der Waals surface area contributed by atoms with Crippen LogP contribution in [0.4, 0.5) is 0 Å². The molecule has 0 radical (unpaired) electrons. The first-order valence-electron chi connectivity index (χ1n) is 5.07. The average molecular weight is 295 g/mol. The van der Waals surface area contributed by atoms with Gasteiger partial charge in [-0.25, -0.2) is 0 Å². The third kappa shape index (κ3) is 3.03. The molecular weight excluding hydrogens is 284 g/mol. The highest BCUT2D eigenvalue weighted by molar-refractivity contribution is 9.10. The topological polar surface area (TPSA) is 17.1 Å². The van der Waals surface area contributed by atoms with Crippen molar-refractivity contribution in [2.75, 3.05) is 0 Å². The van der Waals surface area contributed by atoms with Crippen molar-refractivity contribution in [2.45, 2.75) is 12.8 Å². The van der Waals surface area contributed by atoms with Crippen molar-refractivity contribution < 1.29 is 4.79 Å². The fourth-order valence-electron chi connectivity index (χ4n) is 1.49. The molecule has 0 saturated heterocycles. The zero-order valence-electron chi connectivity index (χ0n) is 8.65. The van der Waals surface area contributed by atoms with Crippen LogP contribution >= 0.6 is 27.3 Å². The lowest BCUT2D eigenvalue weighted by Crippen LogP contribution is -1.98. The highest BCUT2D eigenvalue weighted by Gasteiger charge is 2.08. The predicted octanol–water partition coefficient (Wildman–Crippen LogP) is 4.33. The third-order valence-electron chi connectivity index (χ3n) is 2.33. The molecule has 0 N–H and O–H groups in total. The van der Waals surface area contributed by atoms with Gasteiger partial charge >= 0.3 is 0 Å². The number of aryl methyl sites for hydroxylation is 1. The van der Waals surface area contributed by atoms with E-state index in [1.54, 1.807) is 0 Å². The monoisotopic (exact) mass is 294 g/mol. The van der Waals surface area contributed by atoms with Crippen LogP contribution in [0.15, 0.2) is 46.3 Å². The second-order valence-corrected chi connectivity index (χ2v) is 5.36. The van der Waals surface area contributed by atoms with E-state index in [0.717, 1.165) is 15.8 Å². The van der Waals surface area contributed by atoms with Crippen molar-refractivity contribution in [3.63, 3.8) is 0 Å². The lowest BCUT2D eigenvalue weighted by molar-refractivity contribution is 0.0986. The Morgan fingerprint density at radius 1 is 1.25 bits per heavy atom. The van der Waals surface area contributed by atoms with Gasteiger partial charge in [-0.15, -0.1) is 11.3 Å². The molecule has 82 valence electrons. The third-order valence-corrected chi connectivity index (χ3v) is 4.06. The van der Waals surface area contributed by atoms with Crippen LogP contribution in [0.2, 0.25) is 0 Å². The van der Waals surface area contributed by atoms with E-state index in [0.29, 0.717) is 6.42 Å². The molecule has 0 saturated carbocycles. The maximum atomic E-state index is 11.8. The van der Waals surface area contributed by atoms with Crippen LogP contribution in [0.3, 0.4) is 0 Å². The van der Waals surface area contributed by atoms with Gasteiger partial charge in [-0.1, -0.05) is 30.3 Å². The van der Waals surface area contributed by atoms with Crippen molar-refractivity contribution in [1.29, 1.82) is 0 Å². The van der Waals surface area contributed by atoms with Crippen molar-refractivity contribution in [2.24, 2.45) is 0 Å². The average Bonchev–Trinajstić information content (AvgIpc) is 2.74. The Morgan fingerprint density at radius 3 is 2.62 bits per heavy atom. The zero-order chi connectivity index (χ0) is 11.4. The Hall–Kier alpha value is -0.930. The molecule has 1 aromatic heterocycles. The van der Waals surface area contributed by atoms with Gasteiger partial charge < -0.3 is 0 Å². The second-order valence-electron chi connectivity index (χ2n) is 3.54. The first kappa shape index (κ1) is 11.6. The summed E-state index contributed by atoms with van der Waals surface area (Å²) < 4.78 is 0.987. The van der Waals surface area contributed by atoms with E-state index < -0.39 is 0 Å². The number of carbonyl (C=O) groups excluding carboxylic acids is 1. The summed E-state index contributed by atoms with van der Waals surface area (Å²) in [6.45, 7) is 0. The highest BCUT2D eigenvalue weighted by Crippen LogP contribution is 2.21. The summed E-state index contributed by atoms with van der Waals surface area (Å²) in [4.78, 5) is 12.7. The highest BCUT2D eigenvalue weighted by atomic mass is 79.9. The Balaban J connectivity index is 1.94. The van der Waals surface area contributed by atoms with Crippen LogP contribution in [-0.4, -0.2) is 5.78 Å². The van der Waals surface area contributed by atoms with Crippen molar-refractivity contribution in [1.82, 2.24) is 0 Å². The molecule has 3 heteroatoms. The smallest absolute Gasteiger partial charge is 0.173 e. The van der Waals surface area contributed by atoms with E-state index in [-0.39, 0.29) is 5.78 Å². The largest absolute Gasteiger partial charge is 0.293 e. The van der Waals surface area contributed by atoms with Gasteiger partial charge in [0.2, 0.25) is 0 Å². The van der Waals surface area contributed by atoms with Gasteiger partial charge in [0.15, 0.2) is 5.78 Å². The standard InChI is InChI=1S/C13H11BrOS/c14-11-8-13(16-9-11)12(15)7-6-10-4-2-1-3-5-10/h1-5,8-9H,6-7H2. The van der Waals surface area contributed by atoms with E-state index in [2.05, 4.69) is 28.1 Å². The minimum Gasteiger partial charge on any atom is -0.293 e. The molecule has 0 aliphatic heterocycles. The molecule has 1 heterocycles. The number of rotatable bonds is 4. The summed E-state index contributed by atoms with van der Waals surface area (Å²) in [6, 6.07) is 12.0. The van der Waals surface area contributed by atoms with Gasteiger partial charge in [-0.2, -0.15) is 0 Å². The fraction of sp³-hybridized carbons (Fsp3) is 0.154. The van der Waals surface area contributed by atoms with Crippen molar-refractivity contribution >= 4 is 33.0 Å². The zero-order valence-corrected chi connectivity index (χ0v) is 11.1. The lowest BCUT2D eigenvalue weighted by Gasteiger charge is -1.99. The summed E-state index contributed by atoms with van der Waals surface area (Å²) in [7, 11) is 0. The van der Waals surface area contributed by atoms with Gasteiger partial charge in [0.05, 0.1) is 4.88 Å². The van der Waals surface area contributed by atoms with Crippen LogP contribution in [-0.2, 0) is 6.42 Å². The number of hydrogen-bond acceptors (Lipinski definition) is 2. The second kappa shape index (κ2) is 5.41. The molecule has 0 aliphatic carbocycles. The molecule has 1 aromatic carbocycles. The number of carbonyl (C=O) groups is 1. The fourth-order valence-corrected chi connectivity index (χ4v) is 2.88. The van der Waals surface area contributed by atoms with Crippen LogP contribution in [0, 0.1) is 0 Å². The normalized spacial score (nSPS) is 10.3. The predicted molar refractivity (Wildman–Crippen MR) is 71.1 cm³/mol. The Kier molecular flexibility index (Phi) is 3.91. The van der Waals surface area contributed by atoms with E-state index in [1.807, 2.05) is 29.6 Å². The minimum absolute atomic E-state index is 0.222. The van der Waals surface area contributed by atoms with E-state index in [9.17, 15) is 4.79 Å². The molecule has 0 spiro atoms. The molecule has 0 amide bonds. The van der Waals surface area contributed by atoms with E-state index in [1.165, 1.54) is 16.9 Å². The maximum absolute atomic E-state index is 11.8. The molecule has 16 heavy (non-hydrogen) atoms. The van der Waals surface area contributed by atoms with Crippen LogP contribution in [0.1, 0.15) is 21.7 Å². The summed E-state index contributed by atoms with van der Waals surface area (Å²) in [5.74, 6) is 0.222. The summed E-state index contributed by atoms with van der Waals surface area (Å²) in [5, 5.41) is 1.94. The molecule has 2 aromatic rings. The van der Waals surface area contributed by atoms with Gasteiger partial charge in [0.1, 0.15) is 0 Å². The number of Topliss-reactive ketones (excluding diaryl/α,β-unsaturated/α-hetero) is 1. The molecule has 1 nitrogen and oxygen atoms in total. The summed E-state index contributed by atoms with van der Waals surface area (Å²) >= 11 is 4.85. The van der Waals surface area contributed by atoms with Gasteiger partial charge in [0.25, 0.3) is 0 Å². The van der Waals surface area contributed by atoms with Gasteiger partial charge in [0, 0.05) is 16.3 Å². The Bertz CT molecular complexity index is 476. The molecule has 0 fully saturated rings. The first-order chi connectivity index (χ1) is 7.75. The number of benzene rings is 1. The molecule has 0 bridgehead atoms. The molecule has 0 atom stereocenters. The molecule has 0 aliphatic rings. The number of hydrogen-bond donors (Lipinski definition) is 0. The number of ketones is 1. The Labute approximate surface area is 107 Å². The number of thiophene rings is 1. The maximum Gasteiger partial charge on any atom is 0.173 e. The first-order valence-corrected chi connectivity index (χ1v) is 6.74. The van der Waals surface area contributed by atoms with E-state index in [4.69, 9.17) is 0 Å². The van der Waals surface area contributed by atoms with Crippen molar-refractivity contribution in [3.8, 4) is 0 Å². The van der Waals surface area contributed by atoms with Crippen LogP contribution in [0.25, 0.3) is 0 Å².